The van der Waals surface area contributed by atoms with Crippen LogP contribution in [0.2, 0.25) is 0 Å². The number of amides is 1. The predicted molar refractivity (Wildman–Crippen MR) is 109 cm³/mol. The van der Waals surface area contributed by atoms with Crippen LogP contribution in [0.3, 0.4) is 0 Å². The SMILES string of the molecule is CCCCOc1ccc(C(=O)N2CCCSCC2CN2CCCC2)cc1. The van der Waals surface area contributed by atoms with Crippen molar-refractivity contribution in [2.75, 3.05) is 44.3 Å². The Hall–Kier alpha value is -1.20. The molecule has 144 valence electrons. The summed E-state index contributed by atoms with van der Waals surface area (Å²) in [4.78, 5) is 17.8. The number of hydrogen-bond acceptors (Lipinski definition) is 4. The van der Waals surface area contributed by atoms with Crippen molar-refractivity contribution in [3.05, 3.63) is 29.8 Å². The lowest BCUT2D eigenvalue weighted by molar-refractivity contribution is 0.0666. The quantitative estimate of drug-likeness (QED) is 0.676. The highest BCUT2D eigenvalue weighted by Crippen LogP contribution is 2.22. The molecule has 2 heterocycles. The minimum atomic E-state index is 0.178. The average Bonchev–Trinajstić information content (AvgIpc) is 3.06. The van der Waals surface area contributed by atoms with E-state index in [1.807, 2.05) is 36.0 Å². The van der Waals surface area contributed by atoms with Crippen molar-refractivity contribution in [1.29, 1.82) is 0 Å². The molecule has 0 spiro atoms. The first-order valence-corrected chi connectivity index (χ1v) is 11.3. The molecule has 0 saturated carbocycles. The van der Waals surface area contributed by atoms with E-state index in [-0.39, 0.29) is 5.91 Å². The van der Waals surface area contributed by atoms with Crippen LogP contribution in [-0.4, -0.2) is 66.0 Å². The van der Waals surface area contributed by atoms with Crippen molar-refractivity contribution in [3.8, 4) is 5.75 Å². The molecule has 1 unspecified atom stereocenters. The molecule has 1 amide bonds. The van der Waals surface area contributed by atoms with E-state index in [9.17, 15) is 4.79 Å². The van der Waals surface area contributed by atoms with E-state index in [4.69, 9.17) is 4.74 Å². The lowest BCUT2D eigenvalue weighted by Gasteiger charge is -2.32. The highest BCUT2D eigenvalue weighted by Gasteiger charge is 2.29. The number of carbonyl (C=O) groups is 1. The smallest absolute Gasteiger partial charge is 0.254 e. The number of ether oxygens (including phenoxy) is 1. The molecule has 0 bridgehead atoms. The third-order valence-corrected chi connectivity index (χ3v) is 6.43. The van der Waals surface area contributed by atoms with Crippen LogP contribution in [0.25, 0.3) is 0 Å². The van der Waals surface area contributed by atoms with Gasteiger partial charge in [-0.1, -0.05) is 13.3 Å². The van der Waals surface area contributed by atoms with Gasteiger partial charge in [-0.15, -0.1) is 0 Å². The normalized spacial score (nSPS) is 21.6. The molecule has 0 aromatic heterocycles. The number of thioether (sulfide) groups is 1. The van der Waals surface area contributed by atoms with E-state index in [0.717, 1.165) is 61.8 Å². The summed E-state index contributed by atoms with van der Waals surface area (Å²) in [5, 5.41) is 0. The average molecular weight is 377 g/mol. The topological polar surface area (TPSA) is 32.8 Å². The van der Waals surface area contributed by atoms with Gasteiger partial charge in [0.2, 0.25) is 0 Å². The third kappa shape index (κ3) is 5.40. The van der Waals surface area contributed by atoms with Crippen molar-refractivity contribution in [2.24, 2.45) is 0 Å². The molecule has 1 aromatic carbocycles. The van der Waals surface area contributed by atoms with Crippen molar-refractivity contribution in [3.63, 3.8) is 0 Å². The first-order chi connectivity index (χ1) is 12.8. The minimum absolute atomic E-state index is 0.178. The summed E-state index contributed by atoms with van der Waals surface area (Å²) in [5.41, 5.74) is 0.783. The maximum absolute atomic E-state index is 13.2. The molecule has 0 N–H and O–H groups in total. The van der Waals surface area contributed by atoms with Gasteiger partial charge >= 0.3 is 0 Å². The Labute approximate surface area is 162 Å². The highest BCUT2D eigenvalue weighted by molar-refractivity contribution is 7.99. The second-order valence-electron chi connectivity index (χ2n) is 7.31. The van der Waals surface area contributed by atoms with Gasteiger partial charge in [0.1, 0.15) is 5.75 Å². The number of nitrogens with zero attached hydrogens (tertiary/aromatic N) is 2. The number of likely N-dealkylation sites (tertiary alicyclic amines) is 1. The minimum Gasteiger partial charge on any atom is -0.494 e. The van der Waals surface area contributed by atoms with Crippen LogP contribution in [-0.2, 0) is 0 Å². The summed E-state index contributed by atoms with van der Waals surface area (Å²) < 4.78 is 5.72. The Kier molecular flexibility index (Phi) is 7.69. The van der Waals surface area contributed by atoms with Crippen molar-refractivity contribution < 1.29 is 9.53 Å². The van der Waals surface area contributed by atoms with Gasteiger partial charge in [0.15, 0.2) is 0 Å². The van der Waals surface area contributed by atoms with Gasteiger partial charge in [-0.3, -0.25) is 4.79 Å². The standard InChI is InChI=1S/C21H32N2O2S/c1-2-3-14-25-20-9-7-18(8-10-20)21(24)23-13-6-15-26-17-19(23)16-22-11-4-5-12-22/h7-10,19H,2-6,11-17H2,1H3. The summed E-state index contributed by atoms with van der Waals surface area (Å²) in [6, 6.07) is 8.05. The molecule has 26 heavy (non-hydrogen) atoms. The lowest BCUT2D eigenvalue weighted by Crippen LogP contribution is -2.47. The van der Waals surface area contributed by atoms with E-state index < -0.39 is 0 Å². The summed E-state index contributed by atoms with van der Waals surface area (Å²) in [6.07, 6.45) is 5.87. The van der Waals surface area contributed by atoms with Gasteiger partial charge in [0.25, 0.3) is 5.91 Å². The molecular weight excluding hydrogens is 344 g/mol. The van der Waals surface area contributed by atoms with Crippen LogP contribution in [0.4, 0.5) is 0 Å². The van der Waals surface area contributed by atoms with Gasteiger partial charge in [-0.25, -0.2) is 0 Å². The highest BCUT2D eigenvalue weighted by atomic mass is 32.2. The second kappa shape index (κ2) is 10.2. The maximum Gasteiger partial charge on any atom is 0.254 e. The van der Waals surface area contributed by atoms with Gasteiger partial charge < -0.3 is 14.5 Å². The number of rotatable bonds is 7. The Morgan fingerprint density at radius 3 is 2.65 bits per heavy atom. The van der Waals surface area contributed by atoms with E-state index in [1.165, 1.54) is 25.9 Å². The number of benzene rings is 1. The zero-order chi connectivity index (χ0) is 18.2. The fourth-order valence-corrected chi connectivity index (χ4v) is 4.76. The van der Waals surface area contributed by atoms with Crippen LogP contribution in [0.15, 0.2) is 24.3 Å². The molecule has 1 aromatic rings. The summed E-state index contributed by atoms with van der Waals surface area (Å²) in [7, 11) is 0. The summed E-state index contributed by atoms with van der Waals surface area (Å²) in [6.45, 7) is 7.17. The van der Waals surface area contributed by atoms with Crippen molar-refractivity contribution in [2.45, 2.75) is 45.1 Å². The van der Waals surface area contributed by atoms with Crippen LogP contribution in [0, 0.1) is 0 Å². The Balaban J connectivity index is 1.64. The summed E-state index contributed by atoms with van der Waals surface area (Å²) >= 11 is 2.00. The second-order valence-corrected chi connectivity index (χ2v) is 8.46. The molecule has 2 aliphatic rings. The van der Waals surface area contributed by atoms with Gasteiger partial charge in [-0.05, 0) is 68.8 Å². The molecule has 1 atom stereocenters. The molecule has 0 aliphatic carbocycles. The van der Waals surface area contributed by atoms with E-state index in [1.54, 1.807) is 0 Å². The lowest BCUT2D eigenvalue weighted by atomic mass is 10.1. The van der Waals surface area contributed by atoms with Gasteiger partial charge in [-0.2, -0.15) is 11.8 Å². The van der Waals surface area contributed by atoms with Gasteiger partial charge in [0.05, 0.1) is 12.6 Å². The zero-order valence-corrected chi connectivity index (χ0v) is 16.8. The molecule has 2 saturated heterocycles. The molecule has 2 fully saturated rings. The predicted octanol–water partition coefficient (Wildman–Crippen LogP) is 3.91. The maximum atomic E-state index is 13.2. The molecule has 2 aliphatic heterocycles. The van der Waals surface area contributed by atoms with E-state index in [0.29, 0.717) is 6.04 Å². The Morgan fingerprint density at radius 2 is 1.92 bits per heavy atom. The van der Waals surface area contributed by atoms with Crippen LogP contribution in [0.1, 0.15) is 49.4 Å². The summed E-state index contributed by atoms with van der Waals surface area (Å²) in [5.74, 6) is 3.25. The number of carbonyl (C=O) groups excluding carboxylic acids is 1. The Bertz CT molecular complexity index is 558. The fourth-order valence-electron chi connectivity index (χ4n) is 3.70. The Morgan fingerprint density at radius 1 is 1.15 bits per heavy atom. The molecule has 3 rings (SSSR count). The molecule has 5 heteroatoms. The van der Waals surface area contributed by atoms with E-state index in [2.05, 4.69) is 16.7 Å². The molecule has 0 radical (unpaired) electrons. The first-order valence-electron chi connectivity index (χ1n) is 10.1. The number of unbranched alkanes of at least 4 members (excludes halogenated alkanes) is 1. The van der Waals surface area contributed by atoms with Crippen LogP contribution >= 0.6 is 11.8 Å². The van der Waals surface area contributed by atoms with Crippen LogP contribution < -0.4 is 4.74 Å². The fraction of sp³-hybridized carbons (Fsp3) is 0.667. The first kappa shape index (κ1) is 19.6. The van der Waals surface area contributed by atoms with E-state index >= 15 is 0 Å². The van der Waals surface area contributed by atoms with Crippen molar-refractivity contribution in [1.82, 2.24) is 9.80 Å². The monoisotopic (exact) mass is 376 g/mol. The zero-order valence-electron chi connectivity index (χ0n) is 16.0. The van der Waals surface area contributed by atoms with Gasteiger partial charge in [0, 0.05) is 24.4 Å². The molecular formula is C21H32N2O2S. The van der Waals surface area contributed by atoms with Crippen LogP contribution in [0.5, 0.6) is 5.75 Å². The number of hydrogen-bond donors (Lipinski definition) is 0. The largest absolute Gasteiger partial charge is 0.494 e. The molecule has 4 nitrogen and oxygen atoms in total. The third-order valence-electron chi connectivity index (χ3n) is 5.24. The van der Waals surface area contributed by atoms with Crippen molar-refractivity contribution >= 4 is 17.7 Å².